The van der Waals surface area contributed by atoms with Crippen molar-refractivity contribution in [3.63, 3.8) is 0 Å². The molecule has 1 atom stereocenters. The predicted octanol–water partition coefficient (Wildman–Crippen LogP) is 3.61. The Kier molecular flexibility index (Phi) is 4.57. The van der Waals surface area contributed by atoms with Crippen molar-refractivity contribution in [2.75, 3.05) is 6.61 Å². The van der Waals surface area contributed by atoms with E-state index in [-0.39, 0.29) is 12.5 Å². The molecular weight excluding hydrogens is 323 g/mol. The van der Waals surface area contributed by atoms with Gasteiger partial charge in [-0.15, -0.1) is 0 Å². The third-order valence-corrected chi connectivity index (χ3v) is 3.61. The first kappa shape index (κ1) is 12.6. The van der Waals surface area contributed by atoms with Crippen LogP contribution in [0.1, 0.15) is 17.0 Å². The molecule has 0 saturated heterocycles. The van der Waals surface area contributed by atoms with Crippen LogP contribution in [0.15, 0.2) is 54.6 Å². The number of halogens is 1. The normalized spacial score (nSPS) is 12.4. The van der Waals surface area contributed by atoms with E-state index in [1.54, 1.807) is 0 Å². The van der Waals surface area contributed by atoms with Crippen LogP contribution in [-0.4, -0.2) is 11.7 Å². The van der Waals surface area contributed by atoms with Gasteiger partial charge in [-0.05, 0) is 52.3 Å². The summed E-state index contributed by atoms with van der Waals surface area (Å²) in [4.78, 5) is 0. The van der Waals surface area contributed by atoms with Crippen LogP contribution in [0.2, 0.25) is 0 Å². The van der Waals surface area contributed by atoms with Crippen LogP contribution in [-0.2, 0) is 6.42 Å². The molecular formula is C15H15IO. The number of hydrogen-bond acceptors (Lipinski definition) is 1. The van der Waals surface area contributed by atoms with Crippen molar-refractivity contribution in [3.8, 4) is 0 Å². The van der Waals surface area contributed by atoms with Crippen LogP contribution in [0.5, 0.6) is 0 Å². The van der Waals surface area contributed by atoms with Gasteiger partial charge in [0.1, 0.15) is 0 Å². The molecule has 0 heterocycles. The van der Waals surface area contributed by atoms with Gasteiger partial charge in [-0.2, -0.15) is 0 Å². The zero-order valence-electron chi connectivity index (χ0n) is 9.51. The fraction of sp³-hybridized carbons (Fsp3) is 0.200. The van der Waals surface area contributed by atoms with E-state index in [1.807, 2.05) is 18.2 Å². The lowest BCUT2D eigenvalue weighted by atomic mass is 9.93. The molecule has 1 nitrogen and oxygen atoms in total. The van der Waals surface area contributed by atoms with E-state index in [4.69, 9.17) is 0 Å². The number of aliphatic hydroxyl groups is 1. The molecule has 0 amide bonds. The molecule has 0 saturated carbocycles. The first-order valence-corrected chi connectivity index (χ1v) is 6.77. The molecule has 0 spiro atoms. The molecule has 1 unspecified atom stereocenters. The van der Waals surface area contributed by atoms with E-state index in [9.17, 15) is 5.11 Å². The van der Waals surface area contributed by atoms with Gasteiger partial charge in [0, 0.05) is 9.49 Å². The first-order chi connectivity index (χ1) is 8.29. The Hall–Kier alpha value is -0.870. The number of rotatable bonds is 4. The van der Waals surface area contributed by atoms with Crippen molar-refractivity contribution in [1.29, 1.82) is 0 Å². The van der Waals surface area contributed by atoms with E-state index in [0.29, 0.717) is 0 Å². The average Bonchev–Trinajstić information content (AvgIpc) is 2.39. The summed E-state index contributed by atoms with van der Waals surface area (Å²) in [6.07, 6.45) is 0.886. The molecule has 0 fully saturated rings. The first-order valence-electron chi connectivity index (χ1n) is 5.70. The second-order valence-corrected chi connectivity index (χ2v) is 5.37. The Morgan fingerprint density at radius 2 is 1.59 bits per heavy atom. The predicted molar refractivity (Wildman–Crippen MR) is 79.1 cm³/mol. The SMILES string of the molecule is OCC(Cc1ccc(I)cc1)c1ccccc1. The van der Waals surface area contributed by atoms with Crippen molar-refractivity contribution in [3.05, 3.63) is 69.3 Å². The molecule has 0 aromatic heterocycles. The summed E-state index contributed by atoms with van der Waals surface area (Å²) in [6.45, 7) is 0.190. The summed E-state index contributed by atoms with van der Waals surface area (Å²) in [5, 5.41) is 9.49. The van der Waals surface area contributed by atoms with Crippen molar-refractivity contribution in [2.45, 2.75) is 12.3 Å². The maximum atomic E-state index is 9.49. The molecule has 2 rings (SSSR count). The van der Waals surface area contributed by atoms with E-state index in [0.717, 1.165) is 6.42 Å². The smallest absolute Gasteiger partial charge is 0.0502 e. The topological polar surface area (TPSA) is 20.2 Å². The number of benzene rings is 2. The van der Waals surface area contributed by atoms with Crippen molar-refractivity contribution in [1.82, 2.24) is 0 Å². The highest BCUT2D eigenvalue weighted by molar-refractivity contribution is 14.1. The van der Waals surface area contributed by atoms with E-state index in [1.165, 1.54) is 14.7 Å². The standard InChI is InChI=1S/C15H15IO/c16-15-8-6-12(7-9-15)10-14(11-17)13-4-2-1-3-5-13/h1-9,14,17H,10-11H2. The molecule has 88 valence electrons. The molecule has 0 radical (unpaired) electrons. The molecule has 0 aliphatic heterocycles. The van der Waals surface area contributed by atoms with Gasteiger partial charge in [0.15, 0.2) is 0 Å². The number of hydrogen-bond donors (Lipinski definition) is 1. The van der Waals surface area contributed by atoms with Crippen LogP contribution in [0.4, 0.5) is 0 Å². The van der Waals surface area contributed by atoms with Gasteiger partial charge in [-0.25, -0.2) is 0 Å². The highest BCUT2D eigenvalue weighted by Gasteiger charge is 2.10. The van der Waals surface area contributed by atoms with Crippen molar-refractivity contribution >= 4 is 22.6 Å². The quantitative estimate of drug-likeness (QED) is 0.845. The minimum atomic E-state index is 0.190. The lowest BCUT2D eigenvalue weighted by Gasteiger charge is -2.14. The van der Waals surface area contributed by atoms with Gasteiger partial charge in [0.2, 0.25) is 0 Å². The van der Waals surface area contributed by atoms with Crippen molar-refractivity contribution in [2.24, 2.45) is 0 Å². The summed E-state index contributed by atoms with van der Waals surface area (Å²) >= 11 is 2.30. The Labute approximate surface area is 116 Å². The maximum Gasteiger partial charge on any atom is 0.0502 e. The average molecular weight is 338 g/mol. The van der Waals surface area contributed by atoms with Gasteiger partial charge in [0.25, 0.3) is 0 Å². The fourth-order valence-electron chi connectivity index (χ4n) is 1.92. The monoisotopic (exact) mass is 338 g/mol. The summed E-state index contributed by atoms with van der Waals surface area (Å²) in [5.74, 6) is 0.191. The Morgan fingerprint density at radius 3 is 2.18 bits per heavy atom. The molecule has 17 heavy (non-hydrogen) atoms. The largest absolute Gasteiger partial charge is 0.396 e. The second-order valence-electron chi connectivity index (χ2n) is 4.12. The highest BCUT2D eigenvalue weighted by atomic mass is 127. The third-order valence-electron chi connectivity index (χ3n) is 2.89. The summed E-state index contributed by atoms with van der Waals surface area (Å²) < 4.78 is 1.24. The summed E-state index contributed by atoms with van der Waals surface area (Å²) in [7, 11) is 0. The Balaban J connectivity index is 2.13. The van der Waals surface area contributed by atoms with Crippen LogP contribution in [0.25, 0.3) is 0 Å². The minimum absolute atomic E-state index is 0.190. The fourth-order valence-corrected chi connectivity index (χ4v) is 2.28. The maximum absolute atomic E-state index is 9.49. The molecule has 2 aromatic carbocycles. The number of aliphatic hydroxyl groups excluding tert-OH is 1. The third kappa shape index (κ3) is 3.54. The lowest BCUT2D eigenvalue weighted by molar-refractivity contribution is 0.264. The van der Waals surface area contributed by atoms with Crippen LogP contribution >= 0.6 is 22.6 Å². The lowest BCUT2D eigenvalue weighted by Crippen LogP contribution is -2.07. The van der Waals surface area contributed by atoms with Gasteiger partial charge < -0.3 is 5.11 Å². The summed E-state index contributed by atoms with van der Waals surface area (Å²) in [5.41, 5.74) is 2.47. The second kappa shape index (κ2) is 6.17. The Morgan fingerprint density at radius 1 is 0.941 bits per heavy atom. The van der Waals surface area contributed by atoms with Crippen LogP contribution in [0, 0.1) is 3.57 Å². The molecule has 1 N–H and O–H groups in total. The summed E-state index contributed by atoms with van der Waals surface area (Å²) in [6, 6.07) is 18.7. The van der Waals surface area contributed by atoms with Gasteiger partial charge in [-0.3, -0.25) is 0 Å². The van der Waals surface area contributed by atoms with E-state index >= 15 is 0 Å². The van der Waals surface area contributed by atoms with Crippen LogP contribution < -0.4 is 0 Å². The molecule has 0 aliphatic rings. The van der Waals surface area contributed by atoms with Gasteiger partial charge in [0.05, 0.1) is 6.61 Å². The molecule has 0 bridgehead atoms. The van der Waals surface area contributed by atoms with Crippen molar-refractivity contribution < 1.29 is 5.11 Å². The Bertz CT molecular complexity index is 450. The van der Waals surface area contributed by atoms with Gasteiger partial charge in [-0.1, -0.05) is 42.5 Å². The minimum Gasteiger partial charge on any atom is -0.396 e. The van der Waals surface area contributed by atoms with Gasteiger partial charge >= 0.3 is 0 Å². The highest BCUT2D eigenvalue weighted by Crippen LogP contribution is 2.20. The molecule has 2 heteroatoms. The van der Waals surface area contributed by atoms with E-state index < -0.39 is 0 Å². The zero-order chi connectivity index (χ0) is 12.1. The zero-order valence-corrected chi connectivity index (χ0v) is 11.7. The molecule has 2 aromatic rings. The van der Waals surface area contributed by atoms with Crippen LogP contribution in [0.3, 0.4) is 0 Å². The van der Waals surface area contributed by atoms with E-state index in [2.05, 4.69) is 59.0 Å². The molecule has 0 aliphatic carbocycles.